The maximum Gasteiger partial charge on any atom is 0.272 e. The predicted octanol–water partition coefficient (Wildman–Crippen LogP) is -0.0587. The third-order valence-corrected chi connectivity index (χ3v) is 2.12. The third kappa shape index (κ3) is 3.75. The Bertz CT molecular complexity index is 418. The Labute approximate surface area is 100 Å². The first-order valence-corrected chi connectivity index (χ1v) is 5.16. The molecule has 0 spiro atoms. The second-order valence-electron chi connectivity index (χ2n) is 3.66. The first-order chi connectivity index (χ1) is 8.04. The molecule has 17 heavy (non-hydrogen) atoms. The Kier molecular flexibility index (Phi) is 4.45. The van der Waals surface area contributed by atoms with Gasteiger partial charge in [0, 0.05) is 33.0 Å². The molecule has 0 atom stereocenters. The molecule has 1 heterocycles. The van der Waals surface area contributed by atoms with Gasteiger partial charge in [0.1, 0.15) is 5.69 Å². The molecule has 0 saturated carbocycles. The van der Waals surface area contributed by atoms with Crippen LogP contribution < -0.4 is 10.6 Å². The van der Waals surface area contributed by atoms with Gasteiger partial charge in [-0.3, -0.25) is 14.6 Å². The molecular weight excluding hydrogens is 220 g/mol. The SMILES string of the molecule is CNC(=O)CNc1ccnc(C(=O)N(C)C)c1. The number of hydrogen-bond donors (Lipinski definition) is 2. The van der Waals surface area contributed by atoms with Crippen molar-refractivity contribution in [3.63, 3.8) is 0 Å². The molecule has 6 nitrogen and oxygen atoms in total. The molecule has 1 aromatic rings. The molecule has 1 aromatic heterocycles. The Morgan fingerprint density at radius 2 is 2.12 bits per heavy atom. The van der Waals surface area contributed by atoms with Crippen LogP contribution in [0.5, 0.6) is 0 Å². The van der Waals surface area contributed by atoms with E-state index in [1.54, 1.807) is 33.3 Å². The summed E-state index contributed by atoms with van der Waals surface area (Å²) in [4.78, 5) is 28.1. The summed E-state index contributed by atoms with van der Waals surface area (Å²) in [7, 11) is 4.89. The van der Waals surface area contributed by atoms with Crippen LogP contribution in [0.15, 0.2) is 18.3 Å². The smallest absolute Gasteiger partial charge is 0.272 e. The minimum atomic E-state index is -0.173. The van der Waals surface area contributed by atoms with Gasteiger partial charge >= 0.3 is 0 Å². The van der Waals surface area contributed by atoms with E-state index in [-0.39, 0.29) is 18.4 Å². The summed E-state index contributed by atoms with van der Waals surface area (Å²) >= 11 is 0. The van der Waals surface area contributed by atoms with Crippen molar-refractivity contribution >= 4 is 17.5 Å². The van der Waals surface area contributed by atoms with Gasteiger partial charge in [-0.2, -0.15) is 0 Å². The number of amides is 2. The number of nitrogens with one attached hydrogen (secondary N) is 2. The summed E-state index contributed by atoms with van der Waals surface area (Å²) in [5.74, 6) is -0.295. The largest absolute Gasteiger partial charge is 0.376 e. The lowest BCUT2D eigenvalue weighted by Crippen LogP contribution is -2.26. The van der Waals surface area contributed by atoms with E-state index in [1.807, 2.05) is 0 Å². The monoisotopic (exact) mass is 236 g/mol. The summed E-state index contributed by atoms with van der Waals surface area (Å²) < 4.78 is 0. The van der Waals surface area contributed by atoms with Gasteiger partial charge in [-0.25, -0.2) is 0 Å². The normalized spacial score (nSPS) is 9.59. The summed E-state index contributed by atoms with van der Waals surface area (Å²) in [5.41, 5.74) is 1.03. The number of hydrogen-bond acceptors (Lipinski definition) is 4. The van der Waals surface area contributed by atoms with E-state index in [2.05, 4.69) is 15.6 Å². The van der Waals surface area contributed by atoms with Crippen molar-refractivity contribution in [2.24, 2.45) is 0 Å². The molecule has 0 unspecified atom stereocenters. The van der Waals surface area contributed by atoms with E-state index < -0.39 is 0 Å². The fraction of sp³-hybridized carbons (Fsp3) is 0.364. The van der Waals surface area contributed by atoms with Gasteiger partial charge in [0.2, 0.25) is 5.91 Å². The standard InChI is InChI=1S/C11H16N4O2/c1-12-10(16)7-14-8-4-5-13-9(6-8)11(17)15(2)3/h4-6H,7H2,1-3H3,(H,12,16)(H,13,14). The van der Waals surface area contributed by atoms with Gasteiger partial charge < -0.3 is 15.5 Å². The van der Waals surface area contributed by atoms with Crippen LogP contribution in [0.4, 0.5) is 5.69 Å². The molecule has 0 aliphatic rings. The molecule has 0 fully saturated rings. The van der Waals surface area contributed by atoms with Gasteiger partial charge in [-0.15, -0.1) is 0 Å². The molecule has 1 rings (SSSR count). The molecule has 0 aromatic carbocycles. The highest BCUT2D eigenvalue weighted by Gasteiger charge is 2.09. The zero-order chi connectivity index (χ0) is 12.8. The third-order valence-electron chi connectivity index (χ3n) is 2.12. The molecule has 0 bridgehead atoms. The van der Waals surface area contributed by atoms with Crippen LogP contribution in [-0.2, 0) is 4.79 Å². The second-order valence-corrected chi connectivity index (χ2v) is 3.66. The van der Waals surface area contributed by atoms with Crippen molar-refractivity contribution in [2.45, 2.75) is 0 Å². The number of carbonyl (C=O) groups excluding carboxylic acids is 2. The molecule has 2 N–H and O–H groups in total. The summed E-state index contributed by atoms with van der Waals surface area (Å²) in [5, 5.41) is 5.41. The Balaban J connectivity index is 2.72. The fourth-order valence-corrected chi connectivity index (χ4v) is 1.16. The Hall–Kier alpha value is -2.11. The lowest BCUT2D eigenvalue weighted by molar-refractivity contribution is -0.118. The highest BCUT2D eigenvalue weighted by Crippen LogP contribution is 2.08. The molecule has 0 aliphatic heterocycles. The van der Waals surface area contributed by atoms with E-state index in [9.17, 15) is 9.59 Å². The highest BCUT2D eigenvalue weighted by atomic mass is 16.2. The topological polar surface area (TPSA) is 74.3 Å². The number of nitrogens with zero attached hydrogens (tertiary/aromatic N) is 2. The molecule has 0 radical (unpaired) electrons. The van der Waals surface area contributed by atoms with Crippen LogP contribution >= 0.6 is 0 Å². The number of rotatable bonds is 4. The first-order valence-electron chi connectivity index (χ1n) is 5.16. The Morgan fingerprint density at radius 1 is 1.41 bits per heavy atom. The van der Waals surface area contributed by atoms with Crippen molar-refractivity contribution in [2.75, 3.05) is 33.0 Å². The van der Waals surface area contributed by atoms with E-state index in [1.165, 1.54) is 11.1 Å². The molecule has 92 valence electrons. The average molecular weight is 236 g/mol. The quantitative estimate of drug-likeness (QED) is 0.768. The van der Waals surface area contributed by atoms with E-state index in [0.717, 1.165) is 0 Å². The van der Waals surface area contributed by atoms with Crippen molar-refractivity contribution < 1.29 is 9.59 Å². The zero-order valence-electron chi connectivity index (χ0n) is 10.2. The lowest BCUT2D eigenvalue weighted by Gasteiger charge is -2.11. The van der Waals surface area contributed by atoms with E-state index in [0.29, 0.717) is 11.4 Å². The van der Waals surface area contributed by atoms with Crippen molar-refractivity contribution in [3.8, 4) is 0 Å². The fourth-order valence-electron chi connectivity index (χ4n) is 1.16. The van der Waals surface area contributed by atoms with Crippen molar-refractivity contribution in [1.82, 2.24) is 15.2 Å². The number of pyridine rings is 1. The van der Waals surface area contributed by atoms with Crippen LogP contribution in [-0.4, -0.2) is 49.4 Å². The number of carbonyl (C=O) groups is 2. The van der Waals surface area contributed by atoms with Gasteiger partial charge in [0.05, 0.1) is 6.54 Å². The number of aromatic nitrogens is 1. The van der Waals surface area contributed by atoms with Crippen LogP contribution in [0, 0.1) is 0 Å². The zero-order valence-corrected chi connectivity index (χ0v) is 10.2. The molecule has 6 heteroatoms. The van der Waals surface area contributed by atoms with Crippen LogP contribution in [0.2, 0.25) is 0 Å². The number of anilines is 1. The first kappa shape index (κ1) is 13.0. The number of likely N-dealkylation sites (N-methyl/N-ethyl adjacent to an activating group) is 1. The summed E-state index contributed by atoms with van der Waals surface area (Å²) in [6, 6.07) is 3.32. The molecular formula is C11H16N4O2. The van der Waals surface area contributed by atoms with Gasteiger partial charge in [-0.1, -0.05) is 0 Å². The minimum Gasteiger partial charge on any atom is -0.376 e. The van der Waals surface area contributed by atoms with Crippen LogP contribution in [0.3, 0.4) is 0 Å². The van der Waals surface area contributed by atoms with Gasteiger partial charge in [-0.05, 0) is 12.1 Å². The van der Waals surface area contributed by atoms with Gasteiger partial charge in [0.25, 0.3) is 5.91 Å². The van der Waals surface area contributed by atoms with Crippen LogP contribution in [0.1, 0.15) is 10.5 Å². The maximum atomic E-state index is 11.6. The van der Waals surface area contributed by atoms with E-state index >= 15 is 0 Å². The highest BCUT2D eigenvalue weighted by molar-refractivity contribution is 5.92. The summed E-state index contributed by atoms with van der Waals surface area (Å²) in [6.45, 7) is 0.163. The second kappa shape index (κ2) is 5.83. The van der Waals surface area contributed by atoms with Gasteiger partial charge in [0.15, 0.2) is 0 Å². The minimum absolute atomic E-state index is 0.123. The van der Waals surface area contributed by atoms with Crippen molar-refractivity contribution in [3.05, 3.63) is 24.0 Å². The average Bonchev–Trinajstić information content (AvgIpc) is 2.35. The predicted molar refractivity (Wildman–Crippen MR) is 64.8 cm³/mol. The van der Waals surface area contributed by atoms with E-state index in [4.69, 9.17) is 0 Å². The lowest BCUT2D eigenvalue weighted by atomic mass is 10.3. The van der Waals surface area contributed by atoms with Crippen molar-refractivity contribution in [1.29, 1.82) is 0 Å². The summed E-state index contributed by atoms with van der Waals surface area (Å²) in [6.07, 6.45) is 1.53. The Morgan fingerprint density at radius 3 is 2.71 bits per heavy atom. The molecule has 2 amide bonds. The molecule has 0 aliphatic carbocycles. The maximum absolute atomic E-state index is 11.6. The molecule has 0 saturated heterocycles. The van der Waals surface area contributed by atoms with Crippen LogP contribution in [0.25, 0.3) is 0 Å².